The lowest BCUT2D eigenvalue weighted by molar-refractivity contribution is 0.104. The Morgan fingerprint density at radius 3 is 2.57 bits per heavy atom. The Morgan fingerprint density at radius 1 is 1.14 bits per heavy atom. The molecule has 0 aliphatic rings. The Balaban J connectivity index is 2.26. The van der Waals surface area contributed by atoms with Crippen molar-refractivity contribution < 1.29 is 9.53 Å². The van der Waals surface area contributed by atoms with Crippen LogP contribution in [-0.4, -0.2) is 12.9 Å². The Morgan fingerprint density at radius 2 is 1.90 bits per heavy atom. The molecular formula is C16H11BrCl2O2. The van der Waals surface area contributed by atoms with Gasteiger partial charge < -0.3 is 4.74 Å². The van der Waals surface area contributed by atoms with E-state index >= 15 is 0 Å². The van der Waals surface area contributed by atoms with Crippen molar-refractivity contribution >= 4 is 51.0 Å². The first-order valence-corrected chi connectivity index (χ1v) is 7.57. The highest BCUT2D eigenvalue weighted by Crippen LogP contribution is 2.25. The highest BCUT2D eigenvalue weighted by atomic mass is 79.9. The largest absolute Gasteiger partial charge is 0.496 e. The molecule has 0 fully saturated rings. The molecule has 108 valence electrons. The van der Waals surface area contributed by atoms with Gasteiger partial charge in [0.15, 0.2) is 5.78 Å². The standard InChI is InChI=1S/C16H11BrCl2O2/c1-21-16-7-4-12(17)8-11(16)3-6-15(20)10-2-5-13(18)14(19)9-10/h2-9H,1H3/b6-3+. The van der Waals surface area contributed by atoms with Crippen LogP contribution in [0.2, 0.25) is 10.0 Å². The molecule has 21 heavy (non-hydrogen) atoms. The quantitative estimate of drug-likeness (QED) is 0.501. The molecule has 0 atom stereocenters. The first-order chi connectivity index (χ1) is 10.0. The number of hydrogen-bond acceptors (Lipinski definition) is 2. The van der Waals surface area contributed by atoms with Crippen LogP contribution in [0.15, 0.2) is 46.9 Å². The van der Waals surface area contributed by atoms with Crippen LogP contribution in [0.3, 0.4) is 0 Å². The third-order valence-corrected chi connectivity index (χ3v) is 4.04. The molecular weight excluding hydrogens is 375 g/mol. The van der Waals surface area contributed by atoms with E-state index in [4.69, 9.17) is 27.9 Å². The average Bonchev–Trinajstić information content (AvgIpc) is 2.47. The van der Waals surface area contributed by atoms with Crippen molar-refractivity contribution in [3.63, 3.8) is 0 Å². The molecule has 0 saturated carbocycles. The van der Waals surface area contributed by atoms with Crippen LogP contribution in [0.5, 0.6) is 5.75 Å². The predicted octanol–water partition coefficient (Wildman–Crippen LogP) is 5.66. The second-order valence-electron chi connectivity index (χ2n) is 4.21. The summed E-state index contributed by atoms with van der Waals surface area (Å²) in [4.78, 5) is 12.1. The van der Waals surface area contributed by atoms with Gasteiger partial charge in [0.05, 0.1) is 17.2 Å². The molecule has 2 nitrogen and oxygen atoms in total. The SMILES string of the molecule is COc1ccc(Br)cc1/C=C/C(=O)c1ccc(Cl)c(Cl)c1. The number of allylic oxidation sites excluding steroid dienone is 1. The molecule has 2 rings (SSSR count). The second kappa shape index (κ2) is 7.12. The lowest BCUT2D eigenvalue weighted by Crippen LogP contribution is -1.94. The molecule has 0 amide bonds. The van der Waals surface area contributed by atoms with Crippen molar-refractivity contribution in [2.75, 3.05) is 7.11 Å². The maximum atomic E-state index is 12.1. The van der Waals surface area contributed by atoms with Crippen LogP contribution < -0.4 is 4.74 Å². The molecule has 0 bridgehead atoms. The normalized spacial score (nSPS) is 10.9. The number of methoxy groups -OCH3 is 1. The fourth-order valence-corrected chi connectivity index (χ4v) is 2.42. The van der Waals surface area contributed by atoms with Crippen LogP contribution >= 0.6 is 39.1 Å². The van der Waals surface area contributed by atoms with Crippen molar-refractivity contribution in [3.05, 3.63) is 68.1 Å². The first kappa shape index (κ1) is 16.1. The van der Waals surface area contributed by atoms with Crippen LogP contribution in [0.4, 0.5) is 0 Å². The summed E-state index contributed by atoms with van der Waals surface area (Å²) in [6.07, 6.45) is 3.18. The van der Waals surface area contributed by atoms with Crippen molar-refractivity contribution in [2.24, 2.45) is 0 Å². The monoisotopic (exact) mass is 384 g/mol. The predicted molar refractivity (Wildman–Crippen MR) is 90.5 cm³/mol. The van der Waals surface area contributed by atoms with Crippen LogP contribution in [-0.2, 0) is 0 Å². The van der Waals surface area contributed by atoms with E-state index in [2.05, 4.69) is 15.9 Å². The Labute approximate surface area is 141 Å². The van der Waals surface area contributed by atoms with E-state index in [0.717, 1.165) is 10.0 Å². The molecule has 2 aromatic rings. The van der Waals surface area contributed by atoms with Crippen molar-refractivity contribution in [2.45, 2.75) is 0 Å². The van der Waals surface area contributed by atoms with Gasteiger partial charge in [-0.2, -0.15) is 0 Å². The zero-order valence-corrected chi connectivity index (χ0v) is 14.2. The summed E-state index contributed by atoms with van der Waals surface area (Å²) in [5.41, 5.74) is 1.29. The third kappa shape index (κ3) is 4.10. The smallest absolute Gasteiger partial charge is 0.185 e. The highest BCUT2D eigenvalue weighted by Gasteiger charge is 2.06. The summed E-state index contributed by atoms with van der Waals surface area (Å²) >= 11 is 15.1. The summed E-state index contributed by atoms with van der Waals surface area (Å²) < 4.78 is 6.16. The van der Waals surface area contributed by atoms with Gasteiger partial charge in [-0.05, 0) is 48.6 Å². The van der Waals surface area contributed by atoms with E-state index in [1.807, 2.05) is 18.2 Å². The minimum Gasteiger partial charge on any atom is -0.496 e. The van der Waals surface area contributed by atoms with Gasteiger partial charge in [0.1, 0.15) is 5.75 Å². The lowest BCUT2D eigenvalue weighted by Gasteiger charge is -2.05. The minimum absolute atomic E-state index is 0.157. The van der Waals surface area contributed by atoms with Crippen molar-refractivity contribution in [3.8, 4) is 5.75 Å². The number of rotatable bonds is 4. The van der Waals surface area contributed by atoms with Crippen LogP contribution in [0, 0.1) is 0 Å². The third-order valence-electron chi connectivity index (χ3n) is 2.81. The number of ether oxygens (including phenoxy) is 1. The van der Waals surface area contributed by atoms with E-state index in [9.17, 15) is 4.79 Å². The average molecular weight is 386 g/mol. The Hall–Kier alpha value is -1.29. The molecule has 0 aliphatic carbocycles. The van der Waals surface area contributed by atoms with Gasteiger partial charge in [-0.3, -0.25) is 4.79 Å². The molecule has 5 heteroatoms. The number of halogens is 3. The van der Waals surface area contributed by atoms with Gasteiger partial charge in [0.25, 0.3) is 0 Å². The topological polar surface area (TPSA) is 26.3 Å². The molecule has 0 unspecified atom stereocenters. The molecule has 2 aromatic carbocycles. The molecule has 0 radical (unpaired) electrons. The number of ketones is 1. The molecule has 0 aliphatic heterocycles. The van der Waals surface area contributed by atoms with Gasteiger partial charge in [-0.15, -0.1) is 0 Å². The van der Waals surface area contributed by atoms with Gasteiger partial charge >= 0.3 is 0 Å². The summed E-state index contributed by atoms with van der Waals surface area (Å²) in [6, 6.07) is 10.4. The zero-order chi connectivity index (χ0) is 15.4. The van der Waals surface area contributed by atoms with E-state index in [-0.39, 0.29) is 5.78 Å². The van der Waals surface area contributed by atoms with E-state index in [1.165, 1.54) is 6.08 Å². The minimum atomic E-state index is -0.157. The highest BCUT2D eigenvalue weighted by molar-refractivity contribution is 9.10. The van der Waals surface area contributed by atoms with Gasteiger partial charge in [-0.25, -0.2) is 0 Å². The van der Waals surface area contributed by atoms with E-state index < -0.39 is 0 Å². The second-order valence-corrected chi connectivity index (χ2v) is 5.94. The van der Waals surface area contributed by atoms with Gasteiger partial charge in [0.2, 0.25) is 0 Å². The summed E-state index contributed by atoms with van der Waals surface area (Å²) in [6.45, 7) is 0. The molecule has 0 aromatic heterocycles. The van der Waals surface area contributed by atoms with Gasteiger partial charge in [0, 0.05) is 15.6 Å². The van der Waals surface area contributed by atoms with E-state index in [1.54, 1.807) is 31.4 Å². The summed E-state index contributed by atoms with van der Waals surface area (Å²) in [5, 5.41) is 0.779. The summed E-state index contributed by atoms with van der Waals surface area (Å²) in [5.74, 6) is 0.534. The first-order valence-electron chi connectivity index (χ1n) is 6.02. The number of hydrogen-bond donors (Lipinski definition) is 0. The van der Waals surface area contributed by atoms with E-state index in [0.29, 0.717) is 21.4 Å². The summed E-state index contributed by atoms with van der Waals surface area (Å²) in [7, 11) is 1.58. The van der Waals surface area contributed by atoms with Crippen LogP contribution in [0.1, 0.15) is 15.9 Å². The fourth-order valence-electron chi connectivity index (χ4n) is 1.75. The molecule has 0 N–H and O–H groups in total. The zero-order valence-electron chi connectivity index (χ0n) is 11.1. The van der Waals surface area contributed by atoms with Crippen molar-refractivity contribution in [1.82, 2.24) is 0 Å². The number of carbonyl (C=O) groups excluding carboxylic acids is 1. The lowest BCUT2D eigenvalue weighted by atomic mass is 10.1. The Kier molecular flexibility index (Phi) is 5.45. The molecule has 0 saturated heterocycles. The van der Waals surface area contributed by atoms with Crippen molar-refractivity contribution in [1.29, 1.82) is 0 Å². The van der Waals surface area contributed by atoms with Crippen LogP contribution in [0.25, 0.3) is 6.08 Å². The maximum absolute atomic E-state index is 12.1. The number of benzene rings is 2. The van der Waals surface area contributed by atoms with Gasteiger partial charge in [-0.1, -0.05) is 39.1 Å². The Bertz CT molecular complexity index is 711. The molecule has 0 heterocycles. The molecule has 0 spiro atoms. The fraction of sp³-hybridized carbons (Fsp3) is 0.0625. The number of carbonyl (C=O) groups is 1. The maximum Gasteiger partial charge on any atom is 0.185 e.